The van der Waals surface area contributed by atoms with E-state index in [-0.39, 0.29) is 12.6 Å². The van der Waals surface area contributed by atoms with Crippen LogP contribution in [0.3, 0.4) is 0 Å². The third-order valence-electron chi connectivity index (χ3n) is 1.53. The molecular formula is C6H13NO4P+. The van der Waals surface area contributed by atoms with Gasteiger partial charge in [0.25, 0.3) is 0 Å². The molecule has 6 heteroatoms. The van der Waals surface area contributed by atoms with Crippen LogP contribution in [0.2, 0.25) is 0 Å². The molecule has 0 saturated carbocycles. The van der Waals surface area contributed by atoms with E-state index in [2.05, 4.69) is 0 Å². The van der Waals surface area contributed by atoms with Crippen LogP contribution in [0.15, 0.2) is 0 Å². The van der Waals surface area contributed by atoms with Crippen molar-refractivity contribution in [1.82, 2.24) is 0 Å². The number of rotatable bonds is 5. The molecule has 4 N–H and O–H groups in total. The van der Waals surface area contributed by atoms with E-state index in [4.69, 9.17) is 15.7 Å². The summed E-state index contributed by atoms with van der Waals surface area (Å²) in [5.41, 5.74) is 4.08. The van der Waals surface area contributed by atoms with Gasteiger partial charge in [0.2, 0.25) is 0 Å². The van der Waals surface area contributed by atoms with Gasteiger partial charge >= 0.3 is 14.0 Å². The molecule has 2 unspecified atom stereocenters. The van der Waals surface area contributed by atoms with Gasteiger partial charge in [-0.1, -0.05) is 0 Å². The highest BCUT2D eigenvalue weighted by atomic mass is 31.1. The molecule has 0 bridgehead atoms. The van der Waals surface area contributed by atoms with Crippen LogP contribution in [-0.2, 0) is 9.36 Å². The van der Waals surface area contributed by atoms with Crippen molar-refractivity contribution in [1.29, 1.82) is 0 Å². The van der Waals surface area contributed by atoms with Crippen LogP contribution in [-0.4, -0.2) is 27.7 Å². The fourth-order valence-electron chi connectivity index (χ4n) is 0.688. The monoisotopic (exact) mass is 194 g/mol. The molecule has 0 aliphatic carbocycles. The highest BCUT2D eigenvalue weighted by Gasteiger charge is 2.28. The minimum absolute atomic E-state index is 0.107. The third kappa shape index (κ3) is 4.38. The molecule has 0 radical (unpaired) electrons. The van der Waals surface area contributed by atoms with Gasteiger partial charge in [-0.05, 0) is 24.3 Å². The van der Waals surface area contributed by atoms with Crippen molar-refractivity contribution in [2.24, 2.45) is 5.73 Å². The topological polar surface area (TPSA) is 101 Å². The van der Waals surface area contributed by atoms with E-state index in [1.807, 2.05) is 0 Å². The average molecular weight is 194 g/mol. The van der Waals surface area contributed by atoms with Gasteiger partial charge in [0.05, 0.1) is 0 Å². The number of hydrogen-bond donors (Lipinski definition) is 3. The van der Waals surface area contributed by atoms with Crippen molar-refractivity contribution >= 4 is 14.0 Å². The van der Waals surface area contributed by atoms with Crippen LogP contribution in [0, 0.1) is 0 Å². The van der Waals surface area contributed by atoms with Gasteiger partial charge in [-0.2, -0.15) is 4.89 Å². The van der Waals surface area contributed by atoms with Crippen molar-refractivity contribution in [3.8, 4) is 0 Å². The van der Waals surface area contributed by atoms with Crippen molar-refractivity contribution in [2.75, 3.05) is 6.16 Å². The number of aliphatic carboxylic acids is 1. The van der Waals surface area contributed by atoms with Crippen LogP contribution in [0.5, 0.6) is 0 Å². The third-order valence-corrected chi connectivity index (χ3v) is 2.23. The molecule has 0 saturated heterocycles. The zero-order valence-electron chi connectivity index (χ0n) is 6.86. The van der Waals surface area contributed by atoms with Gasteiger partial charge in [-0.3, -0.25) is 4.79 Å². The predicted octanol–water partition coefficient (Wildman–Crippen LogP) is 0.303. The Kier molecular flexibility index (Phi) is 4.31. The fraction of sp³-hybridized carbons (Fsp3) is 0.833. The van der Waals surface area contributed by atoms with Crippen LogP contribution in [0.25, 0.3) is 0 Å². The van der Waals surface area contributed by atoms with E-state index in [1.165, 1.54) is 6.92 Å². The summed E-state index contributed by atoms with van der Waals surface area (Å²) in [7, 11) is -2.17. The first kappa shape index (κ1) is 11.5. The number of carbonyl (C=O) groups is 1. The maximum absolute atomic E-state index is 10.4. The lowest BCUT2D eigenvalue weighted by atomic mass is 9.98. The van der Waals surface area contributed by atoms with Gasteiger partial charge in [0, 0.05) is 0 Å². The van der Waals surface area contributed by atoms with E-state index in [0.29, 0.717) is 6.42 Å². The van der Waals surface area contributed by atoms with E-state index in [1.54, 1.807) is 0 Å². The van der Waals surface area contributed by atoms with Crippen LogP contribution in [0.4, 0.5) is 0 Å². The second-order valence-corrected chi connectivity index (χ2v) is 4.05. The second kappa shape index (κ2) is 4.50. The minimum atomic E-state index is -2.17. The lowest BCUT2D eigenvalue weighted by Gasteiger charge is -2.16. The summed E-state index contributed by atoms with van der Waals surface area (Å²) in [6.45, 7) is 1.39. The van der Waals surface area contributed by atoms with E-state index in [9.17, 15) is 9.36 Å². The molecule has 0 aromatic carbocycles. The summed E-state index contributed by atoms with van der Waals surface area (Å²) in [6.07, 6.45) is 0.671. The smallest absolute Gasteiger partial charge is 0.480 e. The Morgan fingerprint density at radius 2 is 2.17 bits per heavy atom. The Morgan fingerprint density at radius 3 is 2.50 bits per heavy atom. The van der Waals surface area contributed by atoms with Crippen molar-refractivity contribution in [2.45, 2.75) is 25.3 Å². The first-order chi connectivity index (χ1) is 5.36. The van der Waals surface area contributed by atoms with Gasteiger partial charge < -0.3 is 10.8 Å². The molecule has 0 heterocycles. The number of hydrogen-bond acceptors (Lipinski definition) is 3. The number of nitrogens with two attached hydrogens (primary N) is 1. The molecule has 0 spiro atoms. The SMILES string of the molecule is CC(N)(CCC[P+](=O)O)C(=O)O. The zero-order chi connectivity index (χ0) is 9.78. The van der Waals surface area contributed by atoms with Gasteiger partial charge in [0.1, 0.15) is 5.54 Å². The normalized spacial score (nSPS) is 16.8. The number of carboxylic acid groups (broad SMARTS) is 1. The van der Waals surface area contributed by atoms with Crippen LogP contribution < -0.4 is 5.73 Å². The molecule has 2 atom stereocenters. The van der Waals surface area contributed by atoms with Crippen molar-refractivity contribution in [3.05, 3.63) is 0 Å². The summed E-state index contributed by atoms with van der Waals surface area (Å²) in [5.74, 6) is -1.09. The van der Waals surface area contributed by atoms with Crippen LogP contribution in [0.1, 0.15) is 19.8 Å². The summed E-state index contributed by atoms with van der Waals surface area (Å²) < 4.78 is 10.2. The summed E-state index contributed by atoms with van der Waals surface area (Å²) in [4.78, 5) is 18.8. The quantitative estimate of drug-likeness (QED) is 0.546. The molecule has 0 aliphatic heterocycles. The lowest BCUT2D eigenvalue weighted by molar-refractivity contribution is -0.142. The Morgan fingerprint density at radius 1 is 1.67 bits per heavy atom. The Labute approximate surface area is 71.4 Å². The first-order valence-electron chi connectivity index (χ1n) is 3.52. The molecule has 5 nitrogen and oxygen atoms in total. The van der Waals surface area contributed by atoms with Gasteiger partial charge in [-0.25, -0.2) is 0 Å². The standard InChI is InChI=1S/C6H12NO4P/c1-6(7,5(8)9)3-2-4-12(10)11/h2-4,7H2,1H3,(H-,8,9,10,11)/p+1. The predicted molar refractivity (Wildman–Crippen MR) is 44.2 cm³/mol. The van der Waals surface area contributed by atoms with Gasteiger partial charge in [0.15, 0.2) is 6.16 Å². The zero-order valence-corrected chi connectivity index (χ0v) is 7.75. The van der Waals surface area contributed by atoms with E-state index >= 15 is 0 Å². The summed E-state index contributed by atoms with van der Waals surface area (Å²) in [6, 6.07) is 0. The molecule has 0 aliphatic rings. The Hall–Kier alpha value is -0.510. The summed E-state index contributed by atoms with van der Waals surface area (Å²) in [5, 5.41) is 8.55. The summed E-state index contributed by atoms with van der Waals surface area (Å²) >= 11 is 0. The highest BCUT2D eigenvalue weighted by molar-refractivity contribution is 7.37. The molecule has 0 aromatic heterocycles. The van der Waals surface area contributed by atoms with E-state index < -0.39 is 19.5 Å². The molecule has 0 amide bonds. The maximum Gasteiger partial charge on any atom is 0.505 e. The molecule has 12 heavy (non-hydrogen) atoms. The maximum atomic E-state index is 10.4. The lowest BCUT2D eigenvalue weighted by Crippen LogP contribution is -2.44. The average Bonchev–Trinajstić information content (AvgIpc) is 1.85. The minimum Gasteiger partial charge on any atom is -0.480 e. The van der Waals surface area contributed by atoms with Gasteiger partial charge in [-0.15, -0.1) is 0 Å². The fourth-order valence-corrected chi connectivity index (χ4v) is 1.12. The highest BCUT2D eigenvalue weighted by Crippen LogP contribution is 2.18. The molecule has 0 fully saturated rings. The largest absolute Gasteiger partial charge is 0.505 e. The van der Waals surface area contributed by atoms with Crippen LogP contribution >= 0.6 is 8.03 Å². The van der Waals surface area contributed by atoms with Crippen molar-refractivity contribution < 1.29 is 19.4 Å². The number of carboxylic acids is 1. The molecule has 70 valence electrons. The molecule has 0 aromatic rings. The van der Waals surface area contributed by atoms with E-state index in [0.717, 1.165) is 0 Å². The molecular weight excluding hydrogens is 181 g/mol. The molecule has 0 rings (SSSR count). The second-order valence-electron chi connectivity index (χ2n) is 2.90. The first-order valence-corrected chi connectivity index (χ1v) is 4.92. The Bertz CT molecular complexity index is 192. The van der Waals surface area contributed by atoms with Crippen molar-refractivity contribution in [3.63, 3.8) is 0 Å². The Balaban J connectivity index is 3.76.